The van der Waals surface area contributed by atoms with Gasteiger partial charge in [0.1, 0.15) is 0 Å². The van der Waals surface area contributed by atoms with Gasteiger partial charge in [-0.3, -0.25) is 0 Å². The summed E-state index contributed by atoms with van der Waals surface area (Å²) in [4.78, 5) is 10.8. The first-order chi connectivity index (χ1) is 8.58. The van der Waals surface area contributed by atoms with Crippen molar-refractivity contribution in [3.63, 3.8) is 0 Å². The quantitative estimate of drug-likeness (QED) is 0.802. The molecule has 1 unspecified atom stereocenters. The minimum atomic E-state index is -0.878. The number of carbonyl (C=O) groups is 1. The second-order valence-electron chi connectivity index (χ2n) is 4.53. The van der Waals surface area contributed by atoms with Gasteiger partial charge in [0, 0.05) is 12.0 Å². The zero-order valence-electron chi connectivity index (χ0n) is 9.83. The Morgan fingerprint density at radius 1 is 1.28 bits per heavy atom. The lowest BCUT2D eigenvalue weighted by Gasteiger charge is -2.25. The van der Waals surface area contributed by atoms with Gasteiger partial charge in [-0.05, 0) is 37.0 Å². The van der Waals surface area contributed by atoms with Crippen molar-refractivity contribution in [2.24, 2.45) is 0 Å². The first-order valence-corrected chi connectivity index (χ1v) is 6.72. The number of hydrogen-bond donors (Lipinski definition) is 1. The van der Waals surface area contributed by atoms with E-state index >= 15 is 0 Å². The molecule has 0 amide bonds. The fraction of sp³-hybridized carbons (Fsp3) is 0.357. The maximum absolute atomic E-state index is 10.8. The van der Waals surface area contributed by atoms with E-state index in [9.17, 15) is 4.79 Å². The average molecular weight is 285 g/mol. The molecule has 0 saturated heterocycles. The molecule has 2 rings (SSSR count). The molecule has 2 nitrogen and oxygen atoms in total. The van der Waals surface area contributed by atoms with Gasteiger partial charge in [-0.25, -0.2) is 4.79 Å². The maximum atomic E-state index is 10.8. The van der Waals surface area contributed by atoms with E-state index in [4.69, 9.17) is 28.3 Å². The van der Waals surface area contributed by atoms with E-state index in [2.05, 4.69) is 0 Å². The number of allylic oxidation sites excluding steroid dienone is 1. The van der Waals surface area contributed by atoms with Gasteiger partial charge >= 0.3 is 5.97 Å². The average Bonchev–Trinajstić information content (AvgIpc) is 2.33. The largest absolute Gasteiger partial charge is 0.478 e. The van der Waals surface area contributed by atoms with Gasteiger partial charge in [-0.15, -0.1) is 0 Å². The van der Waals surface area contributed by atoms with E-state index in [1.54, 1.807) is 6.07 Å². The van der Waals surface area contributed by atoms with Crippen LogP contribution in [-0.4, -0.2) is 11.1 Å². The third-order valence-corrected chi connectivity index (χ3v) is 4.05. The summed E-state index contributed by atoms with van der Waals surface area (Å²) in [5.41, 5.74) is 2.03. The molecule has 0 bridgehead atoms. The molecule has 1 aromatic rings. The van der Waals surface area contributed by atoms with Crippen molar-refractivity contribution in [1.29, 1.82) is 0 Å². The summed E-state index contributed by atoms with van der Waals surface area (Å²) in [7, 11) is 0. The normalized spacial score (nSPS) is 22.1. The highest BCUT2D eigenvalue weighted by Crippen LogP contribution is 2.39. The van der Waals surface area contributed by atoms with E-state index in [-0.39, 0.29) is 5.92 Å². The summed E-state index contributed by atoms with van der Waals surface area (Å²) in [6.07, 6.45) is 5.32. The zero-order chi connectivity index (χ0) is 13.1. The molecule has 1 saturated carbocycles. The van der Waals surface area contributed by atoms with Gasteiger partial charge in [0.2, 0.25) is 0 Å². The Balaban J connectivity index is 2.33. The number of halogens is 2. The molecule has 96 valence electrons. The molecule has 1 aromatic carbocycles. The van der Waals surface area contributed by atoms with Crippen LogP contribution in [0.5, 0.6) is 0 Å². The fourth-order valence-electron chi connectivity index (χ4n) is 2.48. The van der Waals surface area contributed by atoms with Crippen molar-refractivity contribution < 1.29 is 9.90 Å². The van der Waals surface area contributed by atoms with Crippen LogP contribution in [0.4, 0.5) is 0 Å². The van der Waals surface area contributed by atoms with Crippen LogP contribution in [-0.2, 0) is 4.79 Å². The minimum Gasteiger partial charge on any atom is -0.478 e. The predicted molar refractivity (Wildman–Crippen MR) is 73.4 cm³/mol. The molecule has 0 radical (unpaired) electrons. The van der Waals surface area contributed by atoms with E-state index in [1.165, 1.54) is 6.08 Å². The monoisotopic (exact) mass is 284 g/mol. The summed E-state index contributed by atoms with van der Waals surface area (Å²) >= 11 is 11.9. The molecule has 1 N–H and O–H groups in total. The number of benzene rings is 1. The molecule has 4 heteroatoms. The Morgan fingerprint density at radius 3 is 2.72 bits per heavy atom. The minimum absolute atomic E-state index is 0.157. The molecule has 0 heterocycles. The van der Waals surface area contributed by atoms with Crippen molar-refractivity contribution in [3.8, 4) is 0 Å². The van der Waals surface area contributed by atoms with Crippen molar-refractivity contribution in [3.05, 3.63) is 45.5 Å². The van der Waals surface area contributed by atoms with Gasteiger partial charge in [0.15, 0.2) is 0 Å². The molecular weight excluding hydrogens is 271 g/mol. The number of rotatable bonds is 2. The Morgan fingerprint density at radius 2 is 2.06 bits per heavy atom. The summed E-state index contributed by atoms with van der Waals surface area (Å²) in [6.45, 7) is 0. The summed E-state index contributed by atoms with van der Waals surface area (Å²) in [6, 6.07) is 5.54. The highest BCUT2D eigenvalue weighted by Gasteiger charge is 2.22. The van der Waals surface area contributed by atoms with Crippen LogP contribution in [0.25, 0.3) is 0 Å². The van der Waals surface area contributed by atoms with Crippen LogP contribution in [0.15, 0.2) is 29.8 Å². The van der Waals surface area contributed by atoms with Gasteiger partial charge in [-0.1, -0.05) is 41.3 Å². The van der Waals surface area contributed by atoms with Crippen molar-refractivity contribution in [2.75, 3.05) is 0 Å². The summed E-state index contributed by atoms with van der Waals surface area (Å²) < 4.78 is 0. The lowest BCUT2D eigenvalue weighted by atomic mass is 9.79. The third-order valence-electron chi connectivity index (χ3n) is 3.31. The Bertz CT molecular complexity index is 495. The van der Waals surface area contributed by atoms with Crippen molar-refractivity contribution in [2.45, 2.75) is 31.6 Å². The van der Waals surface area contributed by atoms with Gasteiger partial charge in [-0.2, -0.15) is 0 Å². The second kappa shape index (κ2) is 5.77. The molecule has 0 aromatic heterocycles. The number of aliphatic carboxylic acids is 1. The Hall–Kier alpha value is -0.990. The van der Waals surface area contributed by atoms with E-state index in [0.29, 0.717) is 10.0 Å². The van der Waals surface area contributed by atoms with Crippen LogP contribution in [0.3, 0.4) is 0 Å². The lowest BCUT2D eigenvalue weighted by Crippen LogP contribution is -2.10. The van der Waals surface area contributed by atoms with Crippen molar-refractivity contribution >= 4 is 29.2 Å². The number of hydrogen-bond acceptors (Lipinski definition) is 1. The molecule has 1 aliphatic carbocycles. The first kappa shape index (κ1) is 13.4. The van der Waals surface area contributed by atoms with Gasteiger partial charge < -0.3 is 5.11 Å². The standard InChI is InChI=1S/C14H14Cl2O2/c15-12-6-5-10(7-13(12)16)11-4-2-1-3-9(11)8-14(17)18/h5-8,11H,1-4H2,(H,17,18)/b9-8+. The SMILES string of the molecule is O=C(O)/C=C1\CCCCC1c1ccc(Cl)c(Cl)c1. The van der Waals surface area contributed by atoms with Crippen LogP contribution >= 0.6 is 23.2 Å². The predicted octanol–water partition coefficient (Wildman–Crippen LogP) is 4.66. The molecule has 0 spiro atoms. The van der Waals surface area contributed by atoms with Crippen molar-refractivity contribution in [1.82, 2.24) is 0 Å². The van der Waals surface area contributed by atoms with E-state index < -0.39 is 5.97 Å². The Labute approximate surface area is 116 Å². The van der Waals surface area contributed by atoms with E-state index in [1.807, 2.05) is 12.1 Å². The number of carboxylic acids is 1. The van der Waals surface area contributed by atoms with Gasteiger partial charge in [0.05, 0.1) is 10.0 Å². The fourth-order valence-corrected chi connectivity index (χ4v) is 2.78. The first-order valence-electron chi connectivity index (χ1n) is 5.96. The molecule has 1 aliphatic rings. The van der Waals surface area contributed by atoms with Crippen LogP contribution in [0.2, 0.25) is 10.0 Å². The summed E-state index contributed by atoms with van der Waals surface area (Å²) in [5.74, 6) is -0.721. The topological polar surface area (TPSA) is 37.3 Å². The molecule has 1 fully saturated rings. The van der Waals surface area contributed by atoms with Crippen LogP contribution < -0.4 is 0 Å². The highest BCUT2D eigenvalue weighted by molar-refractivity contribution is 6.42. The van der Waals surface area contributed by atoms with Gasteiger partial charge in [0.25, 0.3) is 0 Å². The van der Waals surface area contributed by atoms with Crippen LogP contribution in [0, 0.1) is 0 Å². The zero-order valence-corrected chi connectivity index (χ0v) is 11.3. The van der Waals surface area contributed by atoms with E-state index in [0.717, 1.165) is 36.8 Å². The van der Waals surface area contributed by atoms with Crippen LogP contribution in [0.1, 0.15) is 37.2 Å². The third kappa shape index (κ3) is 3.06. The molecule has 1 atom stereocenters. The highest BCUT2D eigenvalue weighted by atomic mass is 35.5. The summed E-state index contributed by atoms with van der Waals surface area (Å²) in [5, 5.41) is 9.96. The molecular formula is C14H14Cl2O2. The smallest absolute Gasteiger partial charge is 0.328 e. The maximum Gasteiger partial charge on any atom is 0.328 e. The molecule has 0 aliphatic heterocycles. The number of carboxylic acid groups (broad SMARTS) is 1. The molecule has 18 heavy (non-hydrogen) atoms. The second-order valence-corrected chi connectivity index (χ2v) is 5.34. The Kier molecular flexibility index (Phi) is 4.31. The lowest BCUT2D eigenvalue weighted by molar-refractivity contribution is -0.131.